The van der Waals surface area contributed by atoms with Crippen LogP contribution in [-0.4, -0.2) is 11.9 Å². The average molecular weight is 348 g/mol. The molecule has 2 aromatic rings. The van der Waals surface area contributed by atoms with E-state index >= 15 is 0 Å². The quantitative estimate of drug-likeness (QED) is 0.766. The van der Waals surface area contributed by atoms with Crippen molar-refractivity contribution in [3.63, 3.8) is 0 Å². The van der Waals surface area contributed by atoms with Gasteiger partial charge in [0.05, 0.1) is 0 Å². The van der Waals surface area contributed by atoms with Crippen molar-refractivity contribution in [3.8, 4) is 0 Å². The Kier molecular flexibility index (Phi) is 5.48. The van der Waals surface area contributed by atoms with E-state index < -0.39 is 17.5 Å². The van der Waals surface area contributed by atoms with Gasteiger partial charge in [0.25, 0.3) is 5.91 Å². The number of carbonyl (C=O) groups excluding carboxylic acids is 1. The number of hydrogen-bond donors (Lipinski definition) is 2. The van der Waals surface area contributed by atoms with Crippen LogP contribution in [0, 0.1) is 11.6 Å². The molecule has 24 heavy (non-hydrogen) atoms. The van der Waals surface area contributed by atoms with E-state index in [2.05, 4.69) is 10.0 Å². The van der Waals surface area contributed by atoms with Gasteiger partial charge in [-0.2, -0.15) is 0 Å². The van der Waals surface area contributed by atoms with Crippen LogP contribution in [0.15, 0.2) is 47.4 Å². The zero-order chi connectivity index (χ0) is 16.9. The number of nitrogens with one attached hydrogen (secondary N) is 2. The van der Waals surface area contributed by atoms with Gasteiger partial charge in [0.1, 0.15) is 11.6 Å². The molecular formula is C18H18F2N2OS. The summed E-state index contributed by atoms with van der Waals surface area (Å²) in [6.07, 6.45) is 4.87. The van der Waals surface area contributed by atoms with Crippen molar-refractivity contribution < 1.29 is 13.6 Å². The third kappa shape index (κ3) is 4.55. The minimum absolute atomic E-state index is 0.0969. The fourth-order valence-corrected chi connectivity index (χ4v) is 3.60. The molecule has 2 aromatic carbocycles. The van der Waals surface area contributed by atoms with Crippen LogP contribution in [0.1, 0.15) is 36.0 Å². The highest BCUT2D eigenvalue weighted by molar-refractivity contribution is 7.97. The van der Waals surface area contributed by atoms with E-state index in [9.17, 15) is 13.6 Å². The van der Waals surface area contributed by atoms with Crippen LogP contribution >= 0.6 is 11.9 Å². The van der Waals surface area contributed by atoms with Crippen LogP contribution < -0.4 is 10.0 Å². The largest absolute Gasteiger partial charge is 0.322 e. The Hall–Kier alpha value is -1.92. The summed E-state index contributed by atoms with van der Waals surface area (Å²) in [4.78, 5) is 13.2. The van der Waals surface area contributed by atoms with Crippen molar-refractivity contribution in [3.05, 3.63) is 59.7 Å². The molecule has 0 atom stereocenters. The smallest absolute Gasteiger partial charge is 0.255 e. The Morgan fingerprint density at radius 2 is 1.75 bits per heavy atom. The molecule has 126 valence electrons. The van der Waals surface area contributed by atoms with E-state index in [0.717, 1.165) is 23.1 Å². The summed E-state index contributed by atoms with van der Waals surface area (Å²) >= 11 is 1.51. The molecule has 0 saturated heterocycles. The molecular weight excluding hydrogens is 330 g/mol. The van der Waals surface area contributed by atoms with Gasteiger partial charge in [-0.05, 0) is 55.1 Å². The van der Waals surface area contributed by atoms with Gasteiger partial charge in [0.15, 0.2) is 0 Å². The van der Waals surface area contributed by atoms with Crippen LogP contribution in [0.5, 0.6) is 0 Å². The zero-order valence-corrected chi connectivity index (χ0v) is 13.8. The summed E-state index contributed by atoms with van der Waals surface area (Å²) < 4.78 is 29.8. The third-order valence-electron chi connectivity index (χ3n) is 3.92. The molecule has 1 amide bonds. The summed E-state index contributed by atoms with van der Waals surface area (Å²) in [5, 5.41) is 2.52. The lowest BCUT2D eigenvalue weighted by molar-refractivity contribution is 0.102. The molecule has 0 heterocycles. The van der Waals surface area contributed by atoms with E-state index in [1.165, 1.54) is 37.6 Å². The van der Waals surface area contributed by atoms with Crippen molar-refractivity contribution >= 4 is 23.5 Å². The molecule has 6 heteroatoms. The number of rotatable bonds is 5. The van der Waals surface area contributed by atoms with Crippen molar-refractivity contribution in [2.24, 2.45) is 0 Å². The van der Waals surface area contributed by atoms with E-state index in [-0.39, 0.29) is 5.69 Å². The fraction of sp³-hybridized carbons (Fsp3) is 0.278. The van der Waals surface area contributed by atoms with Gasteiger partial charge >= 0.3 is 0 Å². The second-order valence-electron chi connectivity index (χ2n) is 5.84. The van der Waals surface area contributed by atoms with Crippen molar-refractivity contribution in [1.82, 2.24) is 4.72 Å². The monoisotopic (exact) mass is 348 g/mol. The highest BCUT2D eigenvalue weighted by Crippen LogP contribution is 2.24. The predicted octanol–water partition coefficient (Wildman–Crippen LogP) is 4.76. The Morgan fingerprint density at radius 1 is 1.04 bits per heavy atom. The van der Waals surface area contributed by atoms with Gasteiger partial charge in [0.2, 0.25) is 0 Å². The highest BCUT2D eigenvalue weighted by atomic mass is 32.2. The normalized spacial score (nSPS) is 14.8. The van der Waals surface area contributed by atoms with Crippen molar-refractivity contribution in [2.75, 3.05) is 5.32 Å². The number of anilines is 1. The molecule has 1 aliphatic rings. The van der Waals surface area contributed by atoms with E-state index in [1.807, 2.05) is 6.07 Å². The number of hydrogen-bond acceptors (Lipinski definition) is 3. The molecule has 3 nitrogen and oxygen atoms in total. The molecule has 0 bridgehead atoms. The topological polar surface area (TPSA) is 41.1 Å². The Morgan fingerprint density at radius 3 is 2.46 bits per heavy atom. The molecule has 1 aliphatic carbocycles. The summed E-state index contributed by atoms with van der Waals surface area (Å²) in [5.41, 5.74) is 0.539. The third-order valence-corrected chi connectivity index (χ3v) is 4.86. The van der Waals surface area contributed by atoms with E-state index in [4.69, 9.17) is 0 Å². The maximum atomic E-state index is 13.2. The van der Waals surface area contributed by atoms with Crippen LogP contribution in [0.25, 0.3) is 0 Å². The zero-order valence-electron chi connectivity index (χ0n) is 13.0. The first-order valence-electron chi connectivity index (χ1n) is 7.90. The fourth-order valence-electron chi connectivity index (χ4n) is 2.73. The first-order chi connectivity index (χ1) is 11.6. The highest BCUT2D eigenvalue weighted by Gasteiger charge is 2.15. The van der Waals surface area contributed by atoms with Gasteiger partial charge in [-0.1, -0.05) is 18.9 Å². The molecule has 0 aliphatic heterocycles. The van der Waals surface area contributed by atoms with Gasteiger partial charge in [0, 0.05) is 28.3 Å². The van der Waals surface area contributed by atoms with Crippen LogP contribution in [0.3, 0.4) is 0 Å². The lowest BCUT2D eigenvalue weighted by atomic mass is 10.2. The molecule has 3 rings (SSSR count). The van der Waals surface area contributed by atoms with E-state index in [0.29, 0.717) is 11.6 Å². The van der Waals surface area contributed by atoms with Gasteiger partial charge in [-0.25, -0.2) is 8.78 Å². The average Bonchev–Trinajstić information content (AvgIpc) is 3.05. The Bertz CT molecular complexity index is 712. The standard InChI is InChI=1S/C18H18F2N2OS/c19-13-9-14(20)11-16(10-13)21-18(23)12-4-3-7-17(8-12)24-22-15-5-1-2-6-15/h3-4,7-11,15,22H,1-2,5-6H2,(H,21,23). The molecule has 0 aromatic heterocycles. The first kappa shape index (κ1) is 16.9. The Balaban J connectivity index is 1.64. The van der Waals surface area contributed by atoms with Gasteiger partial charge in [-0.3, -0.25) is 9.52 Å². The second kappa shape index (κ2) is 7.77. The van der Waals surface area contributed by atoms with E-state index in [1.54, 1.807) is 18.2 Å². The summed E-state index contributed by atoms with van der Waals surface area (Å²) in [6.45, 7) is 0. The number of amides is 1. The van der Waals surface area contributed by atoms with Crippen molar-refractivity contribution in [1.29, 1.82) is 0 Å². The molecule has 0 spiro atoms. The van der Waals surface area contributed by atoms with Gasteiger partial charge < -0.3 is 5.32 Å². The summed E-state index contributed by atoms with van der Waals surface area (Å²) in [7, 11) is 0. The van der Waals surface area contributed by atoms with Crippen LogP contribution in [-0.2, 0) is 0 Å². The minimum Gasteiger partial charge on any atom is -0.322 e. The molecule has 0 radical (unpaired) electrons. The minimum atomic E-state index is -0.727. The Labute approximate surface area is 144 Å². The molecule has 0 unspecified atom stereocenters. The summed E-state index contributed by atoms with van der Waals surface area (Å²) in [6, 6.07) is 10.6. The maximum Gasteiger partial charge on any atom is 0.255 e. The molecule has 2 N–H and O–H groups in total. The first-order valence-corrected chi connectivity index (χ1v) is 8.72. The van der Waals surface area contributed by atoms with Crippen LogP contribution in [0.4, 0.5) is 14.5 Å². The lowest BCUT2D eigenvalue weighted by Crippen LogP contribution is -2.18. The maximum absolute atomic E-state index is 13.2. The number of halogens is 2. The lowest BCUT2D eigenvalue weighted by Gasteiger charge is -2.11. The number of carbonyl (C=O) groups is 1. The molecule has 1 fully saturated rings. The summed E-state index contributed by atoms with van der Waals surface area (Å²) in [5.74, 6) is -1.85. The predicted molar refractivity (Wildman–Crippen MR) is 92.0 cm³/mol. The molecule has 1 saturated carbocycles. The van der Waals surface area contributed by atoms with Crippen LogP contribution in [0.2, 0.25) is 0 Å². The SMILES string of the molecule is O=C(Nc1cc(F)cc(F)c1)c1cccc(SNC2CCCC2)c1. The second-order valence-corrected chi connectivity index (χ2v) is 6.75. The number of benzene rings is 2. The van der Waals surface area contributed by atoms with Gasteiger partial charge in [-0.15, -0.1) is 0 Å². The van der Waals surface area contributed by atoms with Crippen molar-refractivity contribution in [2.45, 2.75) is 36.6 Å².